The molecule has 0 bridgehead atoms. The quantitative estimate of drug-likeness (QED) is 0.709. The van der Waals surface area contributed by atoms with Crippen molar-refractivity contribution in [3.8, 4) is 21.8 Å². The van der Waals surface area contributed by atoms with Gasteiger partial charge in [-0.1, -0.05) is 26.0 Å². The molecule has 4 heteroatoms. The molecule has 3 aromatic rings. The summed E-state index contributed by atoms with van der Waals surface area (Å²) in [4.78, 5) is 9.27. The zero-order chi connectivity index (χ0) is 16.2. The molecule has 1 aromatic carbocycles. The highest BCUT2D eigenvalue weighted by molar-refractivity contribution is 7.13. The van der Waals surface area contributed by atoms with Crippen LogP contribution in [0.2, 0.25) is 0 Å². The summed E-state index contributed by atoms with van der Waals surface area (Å²) in [7, 11) is 1.93. The van der Waals surface area contributed by atoms with E-state index in [2.05, 4.69) is 53.8 Å². The van der Waals surface area contributed by atoms with E-state index < -0.39 is 0 Å². The Morgan fingerprint density at radius 3 is 2.78 bits per heavy atom. The highest BCUT2D eigenvalue weighted by Crippen LogP contribution is 2.30. The molecule has 0 fully saturated rings. The average molecular weight is 323 g/mol. The number of anilines is 1. The fourth-order valence-electron chi connectivity index (χ4n) is 2.51. The molecule has 2 heterocycles. The molecule has 0 unspecified atom stereocenters. The lowest BCUT2D eigenvalue weighted by atomic mass is 10.1. The monoisotopic (exact) mass is 323 g/mol. The van der Waals surface area contributed by atoms with E-state index in [9.17, 15) is 0 Å². The largest absolute Gasteiger partial charge is 0.388 e. The minimum absolute atomic E-state index is 0.605. The Balaban J connectivity index is 1.89. The number of hydrogen-bond donors (Lipinski definition) is 1. The van der Waals surface area contributed by atoms with Crippen LogP contribution in [0.4, 0.5) is 5.69 Å². The molecule has 0 atom stereocenters. The fourth-order valence-corrected chi connectivity index (χ4v) is 3.34. The second kappa shape index (κ2) is 6.92. The van der Waals surface area contributed by atoms with Gasteiger partial charge in [-0.25, -0.2) is 4.98 Å². The predicted octanol–water partition coefficient (Wildman–Crippen LogP) is 5.11. The first-order valence-electron chi connectivity index (χ1n) is 7.84. The normalized spacial score (nSPS) is 11.0. The highest BCUT2D eigenvalue weighted by Gasteiger charge is 2.09. The van der Waals surface area contributed by atoms with Crippen LogP contribution in [0.5, 0.6) is 0 Å². The lowest BCUT2D eigenvalue weighted by molar-refractivity contribution is 0.635. The number of aromatic nitrogens is 2. The standard InChI is InChI=1S/C19H21N3S/c1-13(2)9-17-11-15(7-8-21-17)19-22-18(12-23-19)14-5-4-6-16(10-14)20-3/h4-8,10-13,20H,9H2,1-3H3. The Hall–Kier alpha value is -2.20. The number of hydrogen-bond acceptors (Lipinski definition) is 4. The Bertz CT molecular complexity index is 793. The second-order valence-electron chi connectivity index (χ2n) is 6.00. The molecule has 0 aliphatic heterocycles. The van der Waals surface area contributed by atoms with E-state index >= 15 is 0 Å². The van der Waals surface area contributed by atoms with Crippen LogP contribution in [0.15, 0.2) is 48.0 Å². The van der Waals surface area contributed by atoms with Gasteiger partial charge in [0.25, 0.3) is 0 Å². The fraction of sp³-hybridized carbons (Fsp3) is 0.263. The lowest BCUT2D eigenvalue weighted by Crippen LogP contribution is -1.97. The molecular formula is C19H21N3S. The number of benzene rings is 1. The SMILES string of the molecule is CNc1cccc(-c2csc(-c3ccnc(CC(C)C)c3)n2)c1. The van der Waals surface area contributed by atoms with Gasteiger partial charge in [0.1, 0.15) is 5.01 Å². The van der Waals surface area contributed by atoms with Crippen molar-refractivity contribution in [2.24, 2.45) is 5.92 Å². The minimum Gasteiger partial charge on any atom is -0.388 e. The van der Waals surface area contributed by atoms with Crippen molar-refractivity contribution >= 4 is 17.0 Å². The zero-order valence-electron chi connectivity index (χ0n) is 13.7. The van der Waals surface area contributed by atoms with Crippen LogP contribution in [0.25, 0.3) is 21.8 Å². The van der Waals surface area contributed by atoms with Crippen LogP contribution in [0.1, 0.15) is 19.5 Å². The summed E-state index contributed by atoms with van der Waals surface area (Å²) in [6.07, 6.45) is 2.88. The first kappa shape index (κ1) is 15.7. The molecule has 1 N–H and O–H groups in total. The molecule has 0 saturated heterocycles. The summed E-state index contributed by atoms with van der Waals surface area (Å²) >= 11 is 1.68. The van der Waals surface area contributed by atoms with Crippen LogP contribution >= 0.6 is 11.3 Å². The van der Waals surface area contributed by atoms with Crippen molar-refractivity contribution in [3.05, 3.63) is 53.7 Å². The van der Waals surface area contributed by atoms with Gasteiger partial charge < -0.3 is 5.32 Å². The molecule has 118 valence electrons. The summed E-state index contributed by atoms with van der Waals surface area (Å²) in [5.41, 5.74) is 5.53. The summed E-state index contributed by atoms with van der Waals surface area (Å²) in [6.45, 7) is 4.43. The van der Waals surface area contributed by atoms with E-state index in [0.717, 1.165) is 39.6 Å². The minimum atomic E-state index is 0.605. The van der Waals surface area contributed by atoms with Crippen molar-refractivity contribution < 1.29 is 0 Å². The van der Waals surface area contributed by atoms with Crippen LogP contribution in [0.3, 0.4) is 0 Å². The topological polar surface area (TPSA) is 37.8 Å². The molecule has 0 saturated carbocycles. The molecule has 0 amide bonds. The maximum atomic E-state index is 4.81. The molecule has 23 heavy (non-hydrogen) atoms. The number of nitrogens with zero attached hydrogens (tertiary/aromatic N) is 2. The van der Waals surface area contributed by atoms with Gasteiger partial charge in [-0.15, -0.1) is 11.3 Å². The molecule has 0 aliphatic carbocycles. The molecule has 0 spiro atoms. The first-order valence-corrected chi connectivity index (χ1v) is 8.72. The highest BCUT2D eigenvalue weighted by atomic mass is 32.1. The Morgan fingerprint density at radius 2 is 2.00 bits per heavy atom. The van der Waals surface area contributed by atoms with Gasteiger partial charge in [-0.2, -0.15) is 0 Å². The van der Waals surface area contributed by atoms with E-state index in [1.807, 2.05) is 25.4 Å². The Kier molecular flexibility index (Phi) is 4.72. The summed E-state index contributed by atoms with van der Waals surface area (Å²) < 4.78 is 0. The van der Waals surface area contributed by atoms with Crippen molar-refractivity contribution in [1.29, 1.82) is 0 Å². The average Bonchev–Trinajstić information content (AvgIpc) is 3.04. The van der Waals surface area contributed by atoms with Crippen LogP contribution in [-0.2, 0) is 6.42 Å². The van der Waals surface area contributed by atoms with E-state index in [4.69, 9.17) is 4.98 Å². The first-order chi connectivity index (χ1) is 11.2. The Morgan fingerprint density at radius 1 is 1.13 bits per heavy atom. The molecule has 3 nitrogen and oxygen atoms in total. The van der Waals surface area contributed by atoms with Crippen molar-refractivity contribution in [2.45, 2.75) is 20.3 Å². The molecule has 3 rings (SSSR count). The van der Waals surface area contributed by atoms with Crippen LogP contribution in [-0.4, -0.2) is 17.0 Å². The summed E-state index contributed by atoms with van der Waals surface area (Å²) in [5.74, 6) is 0.605. The number of nitrogens with one attached hydrogen (secondary N) is 1. The van der Waals surface area contributed by atoms with Gasteiger partial charge in [0.2, 0.25) is 0 Å². The number of thiazole rings is 1. The van der Waals surface area contributed by atoms with E-state index in [-0.39, 0.29) is 0 Å². The molecule has 0 aliphatic rings. The van der Waals surface area contributed by atoms with E-state index in [1.54, 1.807) is 11.3 Å². The third-order valence-corrected chi connectivity index (χ3v) is 4.52. The van der Waals surface area contributed by atoms with Crippen molar-refractivity contribution in [1.82, 2.24) is 9.97 Å². The number of rotatable bonds is 5. The van der Waals surface area contributed by atoms with Crippen LogP contribution < -0.4 is 5.32 Å². The summed E-state index contributed by atoms with van der Waals surface area (Å²) in [5, 5.41) is 6.33. The molecule has 0 radical (unpaired) electrons. The lowest BCUT2D eigenvalue weighted by Gasteiger charge is -2.05. The maximum Gasteiger partial charge on any atom is 0.124 e. The van der Waals surface area contributed by atoms with Gasteiger partial charge >= 0.3 is 0 Å². The zero-order valence-corrected chi connectivity index (χ0v) is 14.5. The molecular weight excluding hydrogens is 302 g/mol. The van der Waals surface area contributed by atoms with Gasteiger partial charge in [0, 0.05) is 41.1 Å². The van der Waals surface area contributed by atoms with Crippen LogP contribution in [0, 0.1) is 5.92 Å². The smallest absolute Gasteiger partial charge is 0.124 e. The second-order valence-corrected chi connectivity index (χ2v) is 6.86. The van der Waals surface area contributed by atoms with Gasteiger partial charge in [-0.3, -0.25) is 4.98 Å². The van der Waals surface area contributed by atoms with Crippen molar-refractivity contribution in [2.75, 3.05) is 12.4 Å². The Labute approximate surface area is 141 Å². The summed E-state index contributed by atoms with van der Waals surface area (Å²) in [6, 6.07) is 12.5. The molecule has 2 aromatic heterocycles. The predicted molar refractivity (Wildman–Crippen MR) is 98.9 cm³/mol. The van der Waals surface area contributed by atoms with E-state index in [0.29, 0.717) is 5.92 Å². The third-order valence-electron chi connectivity index (χ3n) is 3.63. The van der Waals surface area contributed by atoms with Gasteiger partial charge in [0.05, 0.1) is 5.69 Å². The van der Waals surface area contributed by atoms with Crippen molar-refractivity contribution in [3.63, 3.8) is 0 Å². The van der Waals surface area contributed by atoms with Gasteiger partial charge in [0.15, 0.2) is 0 Å². The maximum absolute atomic E-state index is 4.81. The van der Waals surface area contributed by atoms with Gasteiger partial charge in [-0.05, 0) is 36.6 Å². The third kappa shape index (κ3) is 3.77. The number of pyridine rings is 1. The van der Waals surface area contributed by atoms with E-state index in [1.165, 1.54) is 0 Å².